The summed E-state index contributed by atoms with van der Waals surface area (Å²) in [5, 5.41) is 10.7. The van der Waals surface area contributed by atoms with E-state index in [0.717, 1.165) is 12.1 Å². The standard InChI is InChI=1S/C10H8F2N2O/c1-6(5-13)14-10(15)8-3-2-7(11)4-9(8)12/h2-4,6H,1H3,(H,14,15). The van der Waals surface area contributed by atoms with Crippen molar-refractivity contribution in [2.45, 2.75) is 13.0 Å². The molecule has 1 rings (SSSR count). The molecule has 0 saturated heterocycles. The van der Waals surface area contributed by atoms with Crippen LogP contribution in [0.15, 0.2) is 18.2 Å². The zero-order chi connectivity index (χ0) is 11.4. The molecule has 0 aliphatic carbocycles. The zero-order valence-electron chi connectivity index (χ0n) is 7.92. The van der Waals surface area contributed by atoms with E-state index in [2.05, 4.69) is 5.32 Å². The van der Waals surface area contributed by atoms with Gasteiger partial charge in [0, 0.05) is 6.07 Å². The van der Waals surface area contributed by atoms with Gasteiger partial charge in [-0.15, -0.1) is 0 Å². The van der Waals surface area contributed by atoms with E-state index in [0.29, 0.717) is 6.07 Å². The van der Waals surface area contributed by atoms with Gasteiger partial charge in [0.05, 0.1) is 11.6 Å². The van der Waals surface area contributed by atoms with Crippen molar-refractivity contribution in [2.75, 3.05) is 0 Å². The molecule has 1 unspecified atom stereocenters. The minimum atomic E-state index is -0.947. The molecule has 0 aromatic heterocycles. The number of halogens is 2. The lowest BCUT2D eigenvalue weighted by atomic mass is 10.2. The van der Waals surface area contributed by atoms with Gasteiger partial charge in [0.1, 0.15) is 17.7 Å². The maximum atomic E-state index is 13.1. The van der Waals surface area contributed by atoms with Gasteiger partial charge >= 0.3 is 0 Å². The van der Waals surface area contributed by atoms with E-state index < -0.39 is 23.6 Å². The average Bonchev–Trinajstić information content (AvgIpc) is 2.17. The lowest BCUT2D eigenvalue weighted by molar-refractivity contribution is 0.0943. The summed E-state index contributed by atoms with van der Waals surface area (Å²) in [7, 11) is 0. The highest BCUT2D eigenvalue weighted by atomic mass is 19.1. The second-order valence-electron chi connectivity index (χ2n) is 2.95. The lowest BCUT2D eigenvalue weighted by Gasteiger charge is -2.06. The van der Waals surface area contributed by atoms with E-state index in [4.69, 9.17) is 5.26 Å². The molecule has 3 nitrogen and oxygen atoms in total. The van der Waals surface area contributed by atoms with E-state index in [1.165, 1.54) is 6.92 Å². The maximum Gasteiger partial charge on any atom is 0.255 e. The Balaban J connectivity index is 2.88. The van der Waals surface area contributed by atoms with Gasteiger partial charge in [-0.2, -0.15) is 5.26 Å². The van der Waals surface area contributed by atoms with E-state index >= 15 is 0 Å². The zero-order valence-corrected chi connectivity index (χ0v) is 7.92. The quantitative estimate of drug-likeness (QED) is 0.806. The minimum absolute atomic E-state index is 0.279. The molecular formula is C10H8F2N2O. The number of nitrogens with one attached hydrogen (secondary N) is 1. The number of hydrogen-bond donors (Lipinski definition) is 1. The van der Waals surface area contributed by atoms with Crippen LogP contribution < -0.4 is 5.32 Å². The van der Waals surface area contributed by atoms with Gasteiger partial charge in [-0.3, -0.25) is 4.79 Å². The molecule has 1 aromatic rings. The van der Waals surface area contributed by atoms with Crippen LogP contribution in [0.3, 0.4) is 0 Å². The van der Waals surface area contributed by atoms with E-state index in [1.54, 1.807) is 6.07 Å². The van der Waals surface area contributed by atoms with Gasteiger partial charge in [-0.05, 0) is 19.1 Å². The summed E-state index contributed by atoms with van der Waals surface area (Å²) in [6.45, 7) is 1.46. The summed E-state index contributed by atoms with van der Waals surface area (Å²) in [6, 6.07) is 3.68. The molecule has 0 bridgehead atoms. The Hall–Kier alpha value is -1.96. The van der Waals surface area contributed by atoms with Crippen molar-refractivity contribution in [3.05, 3.63) is 35.4 Å². The van der Waals surface area contributed by atoms with Crippen LogP contribution in [0.1, 0.15) is 17.3 Å². The Morgan fingerprint density at radius 2 is 2.20 bits per heavy atom. The molecule has 1 amide bonds. The van der Waals surface area contributed by atoms with Gasteiger partial charge in [0.15, 0.2) is 0 Å². The predicted molar refractivity (Wildman–Crippen MR) is 48.9 cm³/mol. The molecule has 0 radical (unpaired) electrons. The van der Waals surface area contributed by atoms with Crippen molar-refractivity contribution in [3.8, 4) is 6.07 Å². The van der Waals surface area contributed by atoms with E-state index in [1.807, 2.05) is 0 Å². The fourth-order valence-electron chi connectivity index (χ4n) is 0.980. The molecular weight excluding hydrogens is 202 g/mol. The lowest BCUT2D eigenvalue weighted by Crippen LogP contribution is -2.31. The number of nitriles is 1. The fourth-order valence-corrected chi connectivity index (χ4v) is 0.980. The summed E-state index contributed by atoms with van der Waals surface area (Å²) in [6.07, 6.45) is 0. The van der Waals surface area contributed by atoms with Gasteiger partial charge in [0.2, 0.25) is 0 Å². The third kappa shape index (κ3) is 2.74. The van der Waals surface area contributed by atoms with Crippen LogP contribution in [0.5, 0.6) is 0 Å². The number of hydrogen-bond acceptors (Lipinski definition) is 2. The molecule has 0 heterocycles. The van der Waals surface area contributed by atoms with Gasteiger partial charge < -0.3 is 5.32 Å². The molecule has 15 heavy (non-hydrogen) atoms. The SMILES string of the molecule is CC(C#N)NC(=O)c1ccc(F)cc1F. The largest absolute Gasteiger partial charge is 0.336 e. The monoisotopic (exact) mass is 210 g/mol. The fraction of sp³-hybridized carbons (Fsp3) is 0.200. The summed E-state index contributed by atoms with van der Waals surface area (Å²) in [5.74, 6) is -2.43. The molecule has 1 N–H and O–H groups in total. The van der Waals surface area contributed by atoms with Gasteiger partial charge in [-0.25, -0.2) is 8.78 Å². The van der Waals surface area contributed by atoms with Crippen molar-refractivity contribution in [1.29, 1.82) is 5.26 Å². The second kappa shape index (κ2) is 4.51. The highest BCUT2D eigenvalue weighted by molar-refractivity contribution is 5.94. The molecule has 1 atom stereocenters. The normalized spacial score (nSPS) is 11.6. The van der Waals surface area contributed by atoms with Crippen molar-refractivity contribution in [1.82, 2.24) is 5.32 Å². The van der Waals surface area contributed by atoms with Crippen LogP contribution in [-0.2, 0) is 0 Å². The summed E-state index contributed by atoms with van der Waals surface area (Å²) in [5.41, 5.74) is -0.279. The number of nitrogens with zero attached hydrogens (tertiary/aromatic N) is 1. The van der Waals surface area contributed by atoms with Gasteiger partial charge in [-0.1, -0.05) is 0 Å². The molecule has 0 aliphatic heterocycles. The topological polar surface area (TPSA) is 52.9 Å². The van der Waals surface area contributed by atoms with Crippen molar-refractivity contribution < 1.29 is 13.6 Å². The number of rotatable bonds is 2. The summed E-state index contributed by atoms with van der Waals surface area (Å²) in [4.78, 5) is 11.3. The van der Waals surface area contributed by atoms with Gasteiger partial charge in [0.25, 0.3) is 5.91 Å². The van der Waals surface area contributed by atoms with Crippen LogP contribution in [0.25, 0.3) is 0 Å². The van der Waals surface area contributed by atoms with Crippen LogP contribution in [0, 0.1) is 23.0 Å². The third-order valence-electron chi connectivity index (χ3n) is 1.72. The first-order valence-corrected chi connectivity index (χ1v) is 4.20. The Kier molecular flexibility index (Phi) is 3.34. The van der Waals surface area contributed by atoms with Crippen molar-refractivity contribution in [3.63, 3.8) is 0 Å². The molecule has 5 heteroatoms. The number of amides is 1. The Morgan fingerprint density at radius 1 is 1.53 bits per heavy atom. The number of benzene rings is 1. The molecule has 0 fully saturated rings. The first-order valence-electron chi connectivity index (χ1n) is 4.20. The molecule has 1 aromatic carbocycles. The van der Waals surface area contributed by atoms with Crippen LogP contribution in [0.4, 0.5) is 8.78 Å². The smallest absolute Gasteiger partial charge is 0.255 e. The third-order valence-corrected chi connectivity index (χ3v) is 1.72. The summed E-state index contributed by atoms with van der Waals surface area (Å²) < 4.78 is 25.6. The minimum Gasteiger partial charge on any atom is -0.336 e. The first kappa shape index (κ1) is 11.1. The Bertz CT molecular complexity index is 426. The van der Waals surface area contributed by atoms with Crippen molar-refractivity contribution in [2.24, 2.45) is 0 Å². The maximum absolute atomic E-state index is 13.1. The Labute approximate surface area is 85.3 Å². The van der Waals surface area contributed by atoms with E-state index in [9.17, 15) is 13.6 Å². The summed E-state index contributed by atoms with van der Waals surface area (Å²) >= 11 is 0. The van der Waals surface area contributed by atoms with Crippen molar-refractivity contribution >= 4 is 5.91 Å². The highest BCUT2D eigenvalue weighted by Crippen LogP contribution is 2.09. The number of carbonyl (C=O) groups is 1. The first-order chi connectivity index (χ1) is 7.04. The molecule has 0 aliphatic rings. The Morgan fingerprint density at radius 3 is 2.73 bits per heavy atom. The van der Waals surface area contributed by atoms with Crippen LogP contribution in [-0.4, -0.2) is 11.9 Å². The highest BCUT2D eigenvalue weighted by Gasteiger charge is 2.13. The van der Waals surface area contributed by atoms with Crippen LogP contribution >= 0.6 is 0 Å². The van der Waals surface area contributed by atoms with E-state index in [-0.39, 0.29) is 5.56 Å². The number of carbonyl (C=O) groups excluding carboxylic acids is 1. The molecule has 0 saturated carbocycles. The molecule has 78 valence electrons. The van der Waals surface area contributed by atoms with Crippen LogP contribution in [0.2, 0.25) is 0 Å². The molecule has 0 spiro atoms. The predicted octanol–water partition coefficient (Wildman–Crippen LogP) is 1.61. The second-order valence-corrected chi connectivity index (χ2v) is 2.95. The average molecular weight is 210 g/mol.